The summed E-state index contributed by atoms with van der Waals surface area (Å²) in [7, 11) is 0. The van der Waals surface area contributed by atoms with Gasteiger partial charge in [-0.2, -0.15) is 0 Å². The minimum absolute atomic E-state index is 0. The van der Waals surface area contributed by atoms with Crippen molar-refractivity contribution in [2.45, 2.75) is 119 Å². The average Bonchev–Trinajstić information content (AvgIpc) is 3.76. The standard InChI is InChI=1S/C39H54B2O2.C5H5.Co/c1-36(2)24-40(25-37(36,3)4)30-23-31(43-32-21-15-16-22-42-32)35(41-26-38(5,6)39(7,8)27-41)34(29-19-13-10-14-20-29)33(30)28-17-11-9-12-18-28;1-2-4-5-3-1;/h9-14,17-20,31-32H,15-16,21-27H2,1-8H3;1-5H;. The van der Waals surface area contributed by atoms with Gasteiger partial charge in [0.2, 0.25) is 0 Å². The van der Waals surface area contributed by atoms with E-state index in [1.54, 1.807) is 5.47 Å². The zero-order valence-electron chi connectivity index (χ0n) is 31.5. The van der Waals surface area contributed by atoms with Crippen molar-refractivity contribution >= 4 is 24.6 Å². The molecule has 262 valence electrons. The first kappa shape index (κ1) is 38.2. The van der Waals surface area contributed by atoms with E-state index in [9.17, 15) is 0 Å². The predicted octanol–water partition coefficient (Wildman–Crippen LogP) is 11.7. The topological polar surface area (TPSA) is 18.5 Å². The van der Waals surface area contributed by atoms with E-state index in [0.29, 0.717) is 13.4 Å². The molecule has 3 heterocycles. The van der Waals surface area contributed by atoms with Crippen LogP contribution in [0.25, 0.3) is 11.1 Å². The maximum absolute atomic E-state index is 7.21. The van der Waals surface area contributed by atoms with Crippen LogP contribution in [0.2, 0.25) is 25.3 Å². The van der Waals surface area contributed by atoms with Gasteiger partial charge in [-0.15, -0.1) is 0 Å². The van der Waals surface area contributed by atoms with E-state index in [-0.39, 0.29) is 50.8 Å². The van der Waals surface area contributed by atoms with Gasteiger partial charge in [0.25, 0.3) is 0 Å². The smallest absolute Gasteiger partial charge is 0.175 e. The third-order valence-electron chi connectivity index (χ3n) is 13.4. The van der Waals surface area contributed by atoms with Crippen LogP contribution in [0.5, 0.6) is 0 Å². The fraction of sp³-hybridized carbons (Fsp3) is 0.523. The van der Waals surface area contributed by atoms with Crippen molar-refractivity contribution in [3.05, 3.63) is 113 Å². The van der Waals surface area contributed by atoms with E-state index in [2.05, 4.69) is 116 Å². The van der Waals surface area contributed by atoms with E-state index >= 15 is 0 Å². The fourth-order valence-corrected chi connectivity index (χ4v) is 9.19. The van der Waals surface area contributed by atoms with Crippen LogP contribution in [0.3, 0.4) is 0 Å². The maximum atomic E-state index is 7.21. The van der Waals surface area contributed by atoms with E-state index in [1.165, 1.54) is 59.4 Å². The van der Waals surface area contributed by atoms with Crippen molar-refractivity contribution < 1.29 is 26.3 Å². The molecule has 2 aliphatic carbocycles. The first-order valence-corrected chi connectivity index (χ1v) is 18.8. The zero-order chi connectivity index (χ0) is 34.2. The van der Waals surface area contributed by atoms with Crippen molar-refractivity contribution in [2.24, 2.45) is 21.7 Å². The molecule has 3 fully saturated rings. The average molecular weight is 701 g/mol. The van der Waals surface area contributed by atoms with Gasteiger partial charge in [0.05, 0.1) is 6.10 Å². The number of hydrogen-bond donors (Lipinski definition) is 0. The fourth-order valence-electron chi connectivity index (χ4n) is 9.19. The number of rotatable bonds is 6. The monoisotopic (exact) mass is 700 g/mol. The summed E-state index contributed by atoms with van der Waals surface area (Å²) in [6.07, 6.45) is 19.1. The van der Waals surface area contributed by atoms with Crippen LogP contribution in [-0.2, 0) is 26.3 Å². The molecule has 5 heteroatoms. The molecular weight excluding hydrogens is 641 g/mol. The molecule has 2 radical (unpaired) electrons. The molecule has 5 aliphatic rings. The van der Waals surface area contributed by atoms with E-state index < -0.39 is 0 Å². The van der Waals surface area contributed by atoms with E-state index in [1.807, 2.05) is 30.7 Å². The quantitative estimate of drug-likeness (QED) is 0.279. The number of benzene rings is 2. The van der Waals surface area contributed by atoms with Gasteiger partial charge in [-0.1, -0.05) is 177 Å². The van der Waals surface area contributed by atoms with Crippen LogP contribution in [0, 0.1) is 28.1 Å². The van der Waals surface area contributed by atoms with Crippen molar-refractivity contribution in [1.82, 2.24) is 0 Å². The van der Waals surface area contributed by atoms with Gasteiger partial charge >= 0.3 is 0 Å². The Balaban J connectivity index is 0.000000717. The first-order chi connectivity index (χ1) is 22.8. The molecule has 49 heavy (non-hydrogen) atoms. The van der Waals surface area contributed by atoms with E-state index in [4.69, 9.17) is 9.47 Å². The molecular formula is C44H59B2CoO2. The second kappa shape index (κ2) is 15.3. The number of hydrogen-bond acceptors (Lipinski definition) is 2. The Labute approximate surface area is 310 Å². The predicted molar refractivity (Wildman–Crippen MR) is 208 cm³/mol. The molecule has 3 saturated heterocycles. The minimum atomic E-state index is -0.107. The summed E-state index contributed by atoms with van der Waals surface area (Å²) >= 11 is 0. The molecule has 2 atom stereocenters. The third-order valence-corrected chi connectivity index (χ3v) is 13.4. The molecule has 0 amide bonds. The second-order valence-electron chi connectivity index (χ2n) is 17.8. The Bertz CT molecular complexity index is 1500. The molecule has 2 nitrogen and oxygen atoms in total. The van der Waals surface area contributed by atoms with Gasteiger partial charge < -0.3 is 9.47 Å². The molecule has 3 aliphatic heterocycles. The summed E-state index contributed by atoms with van der Waals surface area (Å²) in [6, 6.07) is 22.6. The Morgan fingerprint density at radius 2 is 1.10 bits per heavy atom. The molecule has 0 spiro atoms. The van der Waals surface area contributed by atoms with Gasteiger partial charge in [-0.05, 0) is 69.6 Å². The summed E-state index contributed by atoms with van der Waals surface area (Å²) in [6.45, 7) is 21.7. The van der Waals surface area contributed by atoms with Gasteiger partial charge in [0.1, 0.15) is 0 Å². The van der Waals surface area contributed by atoms with Gasteiger partial charge in [0, 0.05) is 29.8 Å². The van der Waals surface area contributed by atoms with Crippen molar-refractivity contribution in [2.75, 3.05) is 6.61 Å². The van der Waals surface area contributed by atoms with Crippen LogP contribution in [0.15, 0.2) is 95.9 Å². The maximum Gasteiger partial charge on any atom is 0.175 e. The second-order valence-corrected chi connectivity index (χ2v) is 17.8. The Hall–Kier alpha value is -2.04. The Morgan fingerprint density at radius 3 is 1.55 bits per heavy atom. The molecule has 7 rings (SSSR count). The summed E-state index contributed by atoms with van der Waals surface area (Å²) in [5.74, 6) is 0. The van der Waals surface area contributed by atoms with Crippen LogP contribution in [-0.4, -0.2) is 32.4 Å². The summed E-state index contributed by atoms with van der Waals surface area (Å²) < 4.78 is 13.5. The first-order valence-electron chi connectivity index (χ1n) is 18.8. The summed E-state index contributed by atoms with van der Waals surface area (Å²) in [5, 5.41) is 0. The number of ether oxygens (including phenoxy) is 2. The molecule has 0 N–H and O–H groups in total. The van der Waals surface area contributed by atoms with Crippen LogP contribution >= 0.6 is 0 Å². The van der Waals surface area contributed by atoms with Crippen molar-refractivity contribution in [3.8, 4) is 0 Å². The molecule has 2 unspecified atom stereocenters. The van der Waals surface area contributed by atoms with Crippen molar-refractivity contribution in [1.29, 1.82) is 0 Å². The van der Waals surface area contributed by atoms with Crippen LogP contribution in [0.1, 0.15) is 92.2 Å². The van der Waals surface area contributed by atoms with Crippen molar-refractivity contribution in [3.63, 3.8) is 0 Å². The summed E-state index contributed by atoms with van der Waals surface area (Å²) in [4.78, 5) is 0. The molecule has 2 aromatic carbocycles. The Morgan fingerprint density at radius 1 is 0.612 bits per heavy atom. The van der Waals surface area contributed by atoms with Crippen LogP contribution < -0.4 is 0 Å². The molecule has 0 saturated carbocycles. The molecule has 0 bridgehead atoms. The van der Waals surface area contributed by atoms with Gasteiger partial charge in [-0.3, -0.25) is 0 Å². The Kier molecular flexibility index (Phi) is 11.9. The molecule has 2 aromatic rings. The van der Waals surface area contributed by atoms with Crippen LogP contribution in [0.4, 0.5) is 0 Å². The minimum Gasteiger partial charge on any atom is -0.353 e. The number of allylic oxidation sites excluding steroid dienone is 6. The van der Waals surface area contributed by atoms with Gasteiger partial charge in [0.15, 0.2) is 19.7 Å². The van der Waals surface area contributed by atoms with E-state index in [0.717, 1.165) is 25.9 Å². The SMILES string of the molecule is CC1(C)CB(C2=C(c3ccccc3)C(c3ccccc3)=C(B3CC(C)(C)C(C)(C)C3)C(OC3CCCCO3)C2)CC1(C)C.[CH]1C=CC=C1.[Co]. The third kappa shape index (κ3) is 8.06. The molecule has 0 aromatic heterocycles. The van der Waals surface area contributed by atoms with Gasteiger partial charge in [-0.25, -0.2) is 0 Å². The normalized spacial score (nSPS) is 26.4. The largest absolute Gasteiger partial charge is 0.353 e. The zero-order valence-corrected chi connectivity index (χ0v) is 32.5. The summed E-state index contributed by atoms with van der Waals surface area (Å²) in [5.41, 5.74) is 9.89.